The van der Waals surface area contributed by atoms with Crippen LogP contribution in [-0.4, -0.2) is 20.7 Å². The molecule has 0 saturated heterocycles. The van der Waals surface area contributed by atoms with Crippen LogP contribution >= 0.6 is 15.9 Å². The molecule has 106 valence electrons. The van der Waals surface area contributed by atoms with Gasteiger partial charge in [-0.1, -0.05) is 25.9 Å². The smallest absolute Gasteiger partial charge is 0.223 e. The predicted octanol–water partition coefficient (Wildman–Crippen LogP) is 3.36. The van der Waals surface area contributed by atoms with Crippen molar-refractivity contribution in [3.63, 3.8) is 0 Å². The van der Waals surface area contributed by atoms with E-state index in [9.17, 15) is 4.79 Å². The Morgan fingerprint density at radius 2 is 2.15 bits per heavy atom. The fourth-order valence-electron chi connectivity index (χ4n) is 1.83. The van der Waals surface area contributed by atoms with Crippen molar-refractivity contribution in [2.75, 3.05) is 0 Å². The standard InChI is InChI=1S/C14H16BrN3O2/c1-14(2,3)13-9(8-18(4)16-13)5-6-10(19)11-7-12(15)17-20-11/h5-8H,1-4H3/b6-5+. The van der Waals surface area contributed by atoms with Crippen LogP contribution in [-0.2, 0) is 12.5 Å². The van der Waals surface area contributed by atoms with Crippen LogP contribution in [0, 0.1) is 0 Å². The van der Waals surface area contributed by atoms with Crippen molar-refractivity contribution in [3.05, 3.63) is 40.0 Å². The Bertz CT molecular complexity index is 662. The average Bonchev–Trinajstić information content (AvgIpc) is 2.91. The highest BCUT2D eigenvalue weighted by Gasteiger charge is 2.20. The van der Waals surface area contributed by atoms with Crippen LogP contribution in [0.25, 0.3) is 6.08 Å². The summed E-state index contributed by atoms with van der Waals surface area (Å²) >= 11 is 3.14. The van der Waals surface area contributed by atoms with Crippen LogP contribution in [0.4, 0.5) is 0 Å². The Kier molecular flexibility index (Phi) is 3.94. The fourth-order valence-corrected chi connectivity index (χ4v) is 2.11. The van der Waals surface area contributed by atoms with Crippen molar-refractivity contribution >= 4 is 27.8 Å². The first-order valence-corrected chi connectivity index (χ1v) is 6.95. The Balaban J connectivity index is 2.26. The number of rotatable bonds is 3. The molecule has 5 nitrogen and oxygen atoms in total. The Morgan fingerprint density at radius 1 is 1.45 bits per heavy atom. The van der Waals surface area contributed by atoms with Gasteiger partial charge in [0.25, 0.3) is 0 Å². The van der Waals surface area contributed by atoms with E-state index in [2.05, 4.69) is 47.0 Å². The molecule has 20 heavy (non-hydrogen) atoms. The largest absolute Gasteiger partial charge is 0.352 e. The van der Waals surface area contributed by atoms with Gasteiger partial charge in [-0.15, -0.1) is 0 Å². The molecule has 2 aromatic heterocycles. The summed E-state index contributed by atoms with van der Waals surface area (Å²) in [7, 11) is 1.86. The summed E-state index contributed by atoms with van der Waals surface area (Å²) < 4.78 is 7.15. The number of ketones is 1. The average molecular weight is 338 g/mol. The lowest BCUT2D eigenvalue weighted by Gasteiger charge is -2.16. The van der Waals surface area contributed by atoms with Crippen LogP contribution < -0.4 is 0 Å². The first-order chi connectivity index (χ1) is 9.27. The SMILES string of the molecule is Cn1cc(/C=C/C(=O)c2cc(Br)no2)c(C(C)(C)C)n1. The first kappa shape index (κ1) is 14.7. The van der Waals surface area contributed by atoms with Crippen molar-refractivity contribution in [2.45, 2.75) is 26.2 Å². The minimum Gasteiger partial charge on any atom is -0.352 e. The number of nitrogens with zero attached hydrogens (tertiary/aromatic N) is 3. The molecule has 0 atom stereocenters. The molecule has 6 heteroatoms. The lowest BCUT2D eigenvalue weighted by atomic mass is 9.89. The van der Waals surface area contributed by atoms with Gasteiger partial charge in [0.1, 0.15) is 4.60 Å². The van der Waals surface area contributed by atoms with E-state index < -0.39 is 0 Å². The minimum absolute atomic E-state index is 0.0841. The van der Waals surface area contributed by atoms with Crippen LogP contribution in [0.2, 0.25) is 0 Å². The lowest BCUT2D eigenvalue weighted by Crippen LogP contribution is -2.13. The van der Waals surface area contributed by atoms with E-state index in [1.807, 2.05) is 13.2 Å². The lowest BCUT2D eigenvalue weighted by molar-refractivity contribution is 0.101. The second-order valence-corrected chi connectivity index (χ2v) is 6.38. The van der Waals surface area contributed by atoms with Gasteiger partial charge in [-0.05, 0) is 28.1 Å². The number of hydrogen-bond acceptors (Lipinski definition) is 4. The summed E-state index contributed by atoms with van der Waals surface area (Å²) in [5.41, 5.74) is 1.79. The quantitative estimate of drug-likeness (QED) is 0.636. The molecule has 0 aliphatic rings. The number of halogens is 1. The zero-order chi connectivity index (χ0) is 14.9. The number of aryl methyl sites for hydroxylation is 1. The number of carbonyl (C=O) groups is 1. The van der Waals surface area contributed by atoms with Crippen LogP contribution in [0.3, 0.4) is 0 Å². The Morgan fingerprint density at radius 3 is 2.70 bits per heavy atom. The van der Waals surface area contributed by atoms with Gasteiger partial charge in [-0.25, -0.2) is 0 Å². The highest BCUT2D eigenvalue weighted by Crippen LogP contribution is 2.25. The Labute approximate surface area is 125 Å². The molecule has 0 radical (unpaired) electrons. The van der Waals surface area contributed by atoms with Crippen molar-refractivity contribution in [3.8, 4) is 0 Å². The summed E-state index contributed by atoms with van der Waals surface area (Å²) in [5, 5.41) is 8.07. The highest BCUT2D eigenvalue weighted by molar-refractivity contribution is 9.10. The van der Waals surface area contributed by atoms with Gasteiger partial charge < -0.3 is 4.52 Å². The van der Waals surface area contributed by atoms with E-state index >= 15 is 0 Å². The van der Waals surface area contributed by atoms with Crippen LogP contribution in [0.1, 0.15) is 42.6 Å². The topological polar surface area (TPSA) is 60.9 Å². The molecule has 2 aromatic rings. The third kappa shape index (κ3) is 3.25. The number of hydrogen-bond donors (Lipinski definition) is 0. The Hall–Kier alpha value is -1.69. The molecular weight excluding hydrogens is 322 g/mol. The van der Waals surface area contributed by atoms with E-state index in [0.29, 0.717) is 4.60 Å². The van der Waals surface area contributed by atoms with Crippen molar-refractivity contribution in [2.24, 2.45) is 7.05 Å². The van der Waals surface area contributed by atoms with Crippen LogP contribution in [0.5, 0.6) is 0 Å². The molecule has 0 spiro atoms. The van der Waals surface area contributed by atoms with E-state index in [-0.39, 0.29) is 17.0 Å². The maximum absolute atomic E-state index is 11.9. The number of aromatic nitrogens is 3. The van der Waals surface area contributed by atoms with Gasteiger partial charge in [0.2, 0.25) is 11.5 Å². The van der Waals surface area contributed by atoms with Crippen molar-refractivity contribution in [1.29, 1.82) is 0 Å². The van der Waals surface area contributed by atoms with E-state index in [1.165, 1.54) is 6.08 Å². The summed E-state index contributed by atoms with van der Waals surface area (Å²) in [6.07, 6.45) is 5.12. The third-order valence-corrected chi connectivity index (χ3v) is 3.08. The van der Waals surface area contributed by atoms with Gasteiger partial charge in [-0.2, -0.15) is 5.10 Å². The maximum atomic E-state index is 11.9. The molecule has 0 aromatic carbocycles. The molecule has 0 bridgehead atoms. The summed E-state index contributed by atoms with van der Waals surface area (Å²) in [6.45, 7) is 6.26. The van der Waals surface area contributed by atoms with Crippen LogP contribution in [0.15, 0.2) is 27.5 Å². The molecule has 2 heterocycles. The monoisotopic (exact) mass is 337 g/mol. The second kappa shape index (κ2) is 5.36. The number of carbonyl (C=O) groups excluding carboxylic acids is 1. The zero-order valence-electron chi connectivity index (χ0n) is 11.8. The normalized spacial score (nSPS) is 12.2. The molecule has 2 rings (SSSR count). The van der Waals surface area contributed by atoms with Gasteiger partial charge in [0.15, 0.2) is 0 Å². The molecule has 0 aliphatic carbocycles. The molecule has 0 N–H and O–H groups in total. The fraction of sp³-hybridized carbons (Fsp3) is 0.357. The predicted molar refractivity (Wildman–Crippen MR) is 79.5 cm³/mol. The minimum atomic E-state index is -0.230. The molecular formula is C14H16BrN3O2. The van der Waals surface area contributed by atoms with Gasteiger partial charge >= 0.3 is 0 Å². The molecule has 0 fully saturated rings. The molecule has 0 aliphatic heterocycles. The second-order valence-electron chi connectivity index (χ2n) is 5.57. The number of allylic oxidation sites excluding steroid dienone is 1. The molecule has 0 unspecified atom stereocenters. The molecule has 0 saturated carbocycles. The maximum Gasteiger partial charge on any atom is 0.223 e. The molecule has 0 amide bonds. The zero-order valence-corrected chi connectivity index (χ0v) is 13.4. The third-order valence-electron chi connectivity index (χ3n) is 2.71. The summed E-state index contributed by atoms with van der Waals surface area (Å²) in [5.74, 6) is -0.0266. The van der Waals surface area contributed by atoms with E-state index in [4.69, 9.17) is 4.52 Å². The van der Waals surface area contributed by atoms with Crippen molar-refractivity contribution < 1.29 is 9.32 Å². The first-order valence-electron chi connectivity index (χ1n) is 6.16. The van der Waals surface area contributed by atoms with E-state index in [0.717, 1.165) is 11.3 Å². The highest BCUT2D eigenvalue weighted by atomic mass is 79.9. The van der Waals surface area contributed by atoms with Crippen molar-refractivity contribution in [1.82, 2.24) is 14.9 Å². The van der Waals surface area contributed by atoms with Gasteiger partial charge in [0.05, 0.1) is 5.69 Å². The summed E-state index contributed by atoms with van der Waals surface area (Å²) in [4.78, 5) is 11.9. The van der Waals surface area contributed by atoms with Gasteiger partial charge in [-0.3, -0.25) is 9.48 Å². The summed E-state index contributed by atoms with van der Waals surface area (Å²) in [6, 6.07) is 1.54. The van der Waals surface area contributed by atoms with E-state index in [1.54, 1.807) is 16.8 Å². The van der Waals surface area contributed by atoms with Gasteiger partial charge in [0, 0.05) is 30.3 Å².